The van der Waals surface area contributed by atoms with Crippen molar-refractivity contribution >= 4 is 21.9 Å². The summed E-state index contributed by atoms with van der Waals surface area (Å²) in [5.74, 6) is -0.170. The van der Waals surface area contributed by atoms with E-state index in [0.29, 0.717) is 25.3 Å². The number of amides is 1. The molecule has 1 saturated heterocycles. The Kier molecular flexibility index (Phi) is 6.76. The van der Waals surface area contributed by atoms with E-state index in [1.54, 1.807) is 23.4 Å². The molecule has 0 saturated carbocycles. The van der Waals surface area contributed by atoms with E-state index in [4.69, 9.17) is 5.11 Å². The minimum absolute atomic E-state index is 0.00702. The van der Waals surface area contributed by atoms with E-state index in [9.17, 15) is 18.0 Å². The molecule has 1 amide bonds. The molecule has 1 atom stereocenters. The van der Waals surface area contributed by atoms with Gasteiger partial charge in [-0.15, -0.1) is 0 Å². The summed E-state index contributed by atoms with van der Waals surface area (Å²) in [6.45, 7) is 2.89. The van der Waals surface area contributed by atoms with E-state index in [-0.39, 0.29) is 36.2 Å². The molecule has 1 aromatic heterocycles. The van der Waals surface area contributed by atoms with E-state index in [1.165, 1.54) is 6.20 Å². The molecule has 1 fully saturated rings. The van der Waals surface area contributed by atoms with Gasteiger partial charge >= 0.3 is 5.97 Å². The Hall–Kier alpha value is -1.94. The van der Waals surface area contributed by atoms with Crippen molar-refractivity contribution in [2.24, 2.45) is 13.0 Å². The highest BCUT2D eigenvalue weighted by Gasteiger charge is 2.24. The third kappa shape index (κ3) is 5.53. The number of carboxylic acid groups (broad SMARTS) is 1. The summed E-state index contributed by atoms with van der Waals surface area (Å²) in [5.41, 5.74) is 0. The van der Waals surface area contributed by atoms with Gasteiger partial charge in [0.05, 0.1) is 0 Å². The van der Waals surface area contributed by atoms with Crippen LogP contribution in [0, 0.1) is 12.8 Å². The molecule has 0 spiro atoms. The second kappa shape index (κ2) is 8.63. The molecule has 26 heavy (non-hydrogen) atoms. The van der Waals surface area contributed by atoms with Crippen LogP contribution < -0.4 is 4.72 Å². The number of nitrogens with zero attached hydrogens (tertiary/aromatic N) is 3. The van der Waals surface area contributed by atoms with Gasteiger partial charge in [-0.3, -0.25) is 9.59 Å². The van der Waals surface area contributed by atoms with Gasteiger partial charge in [-0.1, -0.05) is 0 Å². The standard InChI is InChI=1S/C16H26N4O5S/c1-12-18-14(11-19(12)2)26(24,25)17-8-7-15(21)20-9-3-4-13(10-20)5-6-16(22)23/h11,13,17H,3-10H2,1-2H3,(H,22,23). The van der Waals surface area contributed by atoms with Crippen molar-refractivity contribution in [3.05, 3.63) is 12.0 Å². The van der Waals surface area contributed by atoms with Gasteiger partial charge in [0.15, 0.2) is 5.03 Å². The third-order valence-electron chi connectivity index (χ3n) is 4.63. The van der Waals surface area contributed by atoms with Crippen molar-refractivity contribution < 1.29 is 23.1 Å². The first-order valence-corrected chi connectivity index (χ1v) is 10.2. The predicted octanol–water partition coefficient (Wildman–Crippen LogP) is 0.500. The highest BCUT2D eigenvalue weighted by atomic mass is 32.2. The normalized spacial score (nSPS) is 18.1. The van der Waals surface area contributed by atoms with Crippen LogP contribution in [-0.2, 0) is 26.7 Å². The average molecular weight is 386 g/mol. The summed E-state index contributed by atoms with van der Waals surface area (Å²) < 4.78 is 28.4. The molecule has 0 aliphatic carbocycles. The first-order chi connectivity index (χ1) is 12.2. The topological polar surface area (TPSA) is 122 Å². The lowest BCUT2D eigenvalue weighted by atomic mass is 9.93. The van der Waals surface area contributed by atoms with Crippen LogP contribution >= 0.6 is 0 Å². The highest BCUT2D eigenvalue weighted by molar-refractivity contribution is 7.89. The number of carbonyl (C=O) groups is 2. The van der Waals surface area contributed by atoms with Crippen molar-refractivity contribution in [2.75, 3.05) is 19.6 Å². The van der Waals surface area contributed by atoms with E-state index >= 15 is 0 Å². The molecular formula is C16H26N4O5S. The van der Waals surface area contributed by atoms with Crippen LogP contribution in [-0.4, -0.2) is 59.5 Å². The number of hydrogen-bond acceptors (Lipinski definition) is 5. The van der Waals surface area contributed by atoms with Crippen LogP contribution in [0.4, 0.5) is 0 Å². The molecule has 2 heterocycles. The molecule has 0 aromatic carbocycles. The largest absolute Gasteiger partial charge is 0.481 e. The Balaban J connectivity index is 1.81. The summed E-state index contributed by atoms with van der Waals surface area (Å²) in [5, 5.41) is 8.71. The van der Waals surface area contributed by atoms with Gasteiger partial charge in [-0.05, 0) is 32.1 Å². The Morgan fingerprint density at radius 1 is 1.38 bits per heavy atom. The number of aliphatic carboxylic acids is 1. The summed E-state index contributed by atoms with van der Waals surface area (Å²) in [6.07, 6.45) is 3.92. The summed E-state index contributed by atoms with van der Waals surface area (Å²) in [7, 11) is -2.02. The molecule has 146 valence electrons. The van der Waals surface area contributed by atoms with Gasteiger partial charge in [-0.25, -0.2) is 18.1 Å². The number of rotatable bonds is 8. The zero-order valence-electron chi connectivity index (χ0n) is 15.1. The Bertz CT molecular complexity index is 739. The minimum atomic E-state index is -3.74. The smallest absolute Gasteiger partial charge is 0.303 e. The van der Waals surface area contributed by atoms with E-state index in [0.717, 1.165) is 12.8 Å². The number of likely N-dealkylation sites (tertiary alicyclic amines) is 1. The summed E-state index contributed by atoms with van der Waals surface area (Å²) in [6, 6.07) is 0. The zero-order chi connectivity index (χ0) is 19.3. The quantitative estimate of drug-likeness (QED) is 0.671. The fraction of sp³-hybridized carbons (Fsp3) is 0.688. The van der Waals surface area contributed by atoms with E-state index in [2.05, 4.69) is 9.71 Å². The molecule has 0 bridgehead atoms. The second-order valence-corrected chi connectivity index (χ2v) is 8.38. The Morgan fingerprint density at radius 2 is 2.12 bits per heavy atom. The fourth-order valence-corrected chi connectivity index (χ4v) is 4.10. The van der Waals surface area contributed by atoms with Crippen molar-refractivity contribution in [3.63, 3.8) is 0 Å². The van der Waals surface area contributed by atoms with Crippen LogP contribution in [0.15, 0.2) is 11.2 Å². The van der Waals surface area contributed by atoms with Gasteiger partial charge in [0.2, 0.25) is 5.91 Å². The lowest BCUT2D eigenvalue weighted by Crippen LogP contribution is -2.41. The van der Waals surface area contributed by atoms with Crippen molar-refractivity contribution in [2.45, 2.75) is 44.1 Å². The van der Waals surface area contributed by atoms with Gasteiger partial charge in [0.1, 0.15) is 5.82 Å². The summed E-state index contributed by atoms with van der Waals surface area (Å²) in [4.78, 5) is 28.7. The van der Waals surface area contributed by atoms with Gasteiger partial charge in [-0.2, -0.15) is 0 Å². The predicted molar refractivity (Wildman–Crippen MR) is 93.9 cm³/mol. The van der Waals surface area contributed by atoms with E-state index in [1.807, 2.05) is 0 Å². The van der Waals surface area contributed by atoms with Crippen molar-refractivity contribution in [1.29, 1.82) is 0 Å². The molecule has 10 heteroatoms. The number of nitrogens with one attached hydrogen (secondary N) is 1. The average Bonchev–Trinajstić information content (AvgIpc) is 2.93. The first kappa shape index (κ1) is 20.4. The van der Waals surface area contributed by atoms with Crippen LogP contribution in [0.3, 0.4) is 0 Å². The number of piperidine rings is 1. The number of carboxylic acids is 1. The molecule has 9 nitrogen and oxygen atoms in total. The molecule has 1 aromatic rings. The molecule has 1 unspecified atom stereocenters. The van der Waals surface area contributed by atoms with Crippen LogP contribution in [0.2, 0.25) is 0 Å². The molecular weight excluding hydrogens is 360 g/mol. The number of sulfonamides is 1. The number of aromatic nitrogens is 2. The Morgan fingerprint density at radius 3 is 2.73 bits per heavy atom. The fourth-order valence-electron chi connectivity index (χ4n) is 3.03. The SMILES string of the molecule is Cc1nc(S(=O)(=O)NCCC(=O)N2CCCC(CCC(=O)O)C2)cn1C. The maximum absolute atomic E-state index is 12.3. The molecule has 2 N–H and O–H groups in total. The number of aryl methyl sites for hydroxylation is 2. The lowest BCUT2D eigenvalue weighted by molar-refractivity contribution is -0.137. The second-order valence-electron chi connectivity index (χ2n) is 6.67. The van der Waals surface area contributed by atoms with Gasteiger partial charge in [0.25, 0.3) is 10.0 Å². The van der Waals surface area contributed by atoms with Gasteiger partial charge in [0, 0.05) is 45.7 Å². The van der Waals surface area contributed by atoms with Crippen LogP contribution in [0.1, 0.15) is 37.9 Å². The minimum Gasteiger partial charge on any atom is -0.481 e. The lowest BCUT2D eigenvalue weighted by Gasteiger charge is -2.32. The number of hydrogen-bond donors (Lipinski definition) is 2. The van der Waals surface area contributed by atoms with E-state index < -0.39 is 16.0 Å². The highest BCUT2D eigenvalue weighted by Crippen LogP contribution is 2.21. The van der Waals surface area contributed by atoms with Crippen molar-refractivity contribution in [3.8, 4) is 0 Å². The molecule has 1 aliphatic heterocycles. The summed E-state index contributed by atoms with van der Waals surface area (Å²) >= 11 is 0. The van der Waals surface area contributed by atoms with Crippen molar-refractivity contribution in [1.82, 2.24) is 19.2 Å². The maximum Gasteiger partial charge on any atom is 0.303 e. The molecule has 1 aliphatic rings. The molecule has 2 rings (SSSR count). The zero-order valence-corrected chi connectivity index (χ0v) is 16.0. The number of imidazole rings is 1. The van der Waals surface area contributed by atoms with Crippen LogP contribution in [0.25, 0.3) is 0 Å². The van der Waals surface area contributed by atoms with Crippen LogP contribution in [0.5, 0.6) is 0 Å². The monoisotopic (exact) mass is 386 g/mol. The number of carbonyl (C=O) groups excluding carboxylic acids is 1. The molecule has 0 radical (unpaired) electrons. The maximum atomic E-state index is 12.3. The Labute approximate surface area is 153 Å². The van der Waals surface area contributed by atoms with Gasteiger partial charge < -0.3 is 14.6 Å². The third-order valence-corrected chi connectivity index (χ3v) is 5.96. The first-order valence-electron chi connectivity index (χ1n) is 8.68.